The number of amidine groups is 1. The van der Waals surface area contributed by atoms with E-state index >= 15 is 0 Å². The van der Waals surface area contributed by atoms with Crippen molar-refractivity contribution in [3.63, 3.8) is 0 Å². The number of aryl methyl sites for hydroxylation is 1. The number of fused-ring (bicyclic) bond motifs is 2. The van der Waals surface area contributed by atoms with Gasteiger partial charge in [-0.2, -0.15) is 13.2 Å². The Labute approximate surface area is 199 Å². The molecule has 2 aliphatic rings. The van der Waals surface area contributed by atoms with E-state index < -0.39 is 11.7 Å². The molecule has 3 aromatic rings. The topological polar surface area (TPSA) is 45.1 Å². The third-order valence-electron chi connectivity index (χ3n) is 5.95. The van der Waals surface area contributed by atoms with E-state index in [-0.39, 0.29) is 17.3 Å². The number of aliphatic imine (C=N–C) groups is 1. The molecule has 1 saturated heterocycles. The van der Waals surface area contributed by atoms with Crippen LogP contribution < -0.4 is 4.74 Å². The molecule has 0 bridgehead atoms. The van der Waals surface area contributed by atoms with Crippen molar-refractivity contribution in [2.75, 3.05) is 26.2 Å². The molecule has 1 aromatic heterocycles. The monoisotopic (exact) mass is 485 g/mol. The van der Waals surface area contributed by atoms with E-state index in [4.69, 9.17) is 4.74 Å². The fourth-order valence-corrected chi connectivity index (χ4v) is 4.85. The van der Waals surface area contributed by atoms with E-state index in [1.54, 1.807) is 11.3 Å². The van der Waals surface area contributed by atoms with Gasteiger partial charge in [0.2, 0.25) is 5.91 Å². The number of hydrogen-bond acceptors (Lipinski definition) is 5. The second-order valence-electron chi connectivity index (χ2n) is 8.34. The lowest BCUT2D eigenvalue weighted by atomic mass is 10.1. The first kappa shape index (κ1) is 22.5. The molecule has 2 aliphatic heterocycles. The largest absolute Gasteiger partial charge is 0.454 e. The lowest BCUT2D eigenvalue weighted by Gasteiger charge is -2.36. The van der Waals surface area contributed by atoms with Gasteiger partial charge in [0.15, 0.2) is 5.75 Å². The molecule has 0 aliphatic carbocycles. The molecule has 0 atom stereocenters. The zero-order valence-electron chi connectivity index (χ0n) is 18.4. The Kier molecular flexibility index (Phi) is 5.81. The van der Waals surface area contributed by atoms with Crippen LogP contribution in [0.3, 0.4) is 0 Å². The number of amides is 1. The summed E-state index contributed by atoms with van der Waals surface area (Å²) in [4.78, 5) is 22.2. The van der Waals surface area contributed by atoms with Crippen LogP contribution in [0.5, 0.6) is 11.5 Å². The summed E-state index contributed by atoms with van der Waals surface area (Å²) in [6.07, 6.45) is -4.10. The Morgan fingerprint density at radius 2 is 1.82 bits per heavy atom. The number of benzene rings is 2. The zero-order valence-corrected chi connectivity index (χ0v) is 19.2. The average molecular weight is 486 g/mol. The van der Waals surface area contributed by atoms with Gasteiger partial charge >= 0.3 is 6.18 Å². The van der Waals surface area contributed by atoms with Gasteiger partial charge in [-0.15, -0.1) is 11.3 Å². The molecule has 3 heterocycles. The van der Waals surface area contributed by atoms with Gasteiger partial charge in [0, 0.05) is 31.1 Å². The van der Waals surface area contributed by atoms with Crippen LogP contribution in [0.2, 0.25) is 0 Å². The molecule has 5 nitrogen and oxygen atoms in total. The highest BCUT2D eigenvalue weighted by molar-refractivity contribution is 7.10. The first-order valence-electron chi connectivity index (χ1n) is 10.9. The number of carbonyl (C=O) groups is 1. The number of ether oxygens (including phenoxy) is 1. The molecule has 0 spiro atoms. The predicted octanol–water partition coefficient (Wildman–Crippen LogP) is 5.65. The van der Waals surface area contributed by atoms with Crippen LogP contribution in [0.4, 0.5) is 18.9 Å². The van der Waals surface area contributed by atoms with E-state index in [0.29, 0.717) is 44.2 Å². The van der Waals surface area contributed by atoms with E-state index in [0.717, 1.165) is 28.1 Å². The number of halogens is 3. The smallest absolute Gasteiger partial charge is 0.416 e. The molecule has 1 fully saturated rings. The molecular formula is C25H22F3N3O2S. The van der Waals surface area contributed by atoms with Crippen molar-refractivity contribution in [1.29, 1.82) is 0 Å². The molecule has 1 amide bonds. The highest BCUT2D eigenvalue weighted by Crippen LogP contribution is 2.42. The van der Waals surface area contributed by atoms with Crippen LogP contribution in [0.1, 0.15) is 21.6 Å². The maximum atomic E-state index is 13.3. The standard InChI is InChI=1S/C25H22F3N3O2S/c1-16-4-6-21-19(13-16)24(29-20-14-17(25(26,27)28)5-7-22(20)33-21)31-10-8-30(9-11-31)23(32)15-18-3-2-12-34-18/h2-7,12-14H,8-11,15H2,1H3. The van der Waals surface area contributed by atoms with Crippen molar-refractivity contribution < 1.29 is 22.7 Å². The quantitative estimate of drug-likeness (QED) is 0.472. The maximum absolute atomic E-state index is 13.3. The van der Waals surface area contributed by atoms with Crippen LogP contribution in [-0.2, 0) is 17.4 Å². The van der Waals surface area contributed by atoms with Gasteiger partial charge in [0.1, 0.15) is 17.3 Å². The fraction of sp³-hybridized carbons (Fsp3) is 0.280. The molecule has 9 heteroatoms. The molecule has 5 rings (SSSR count). The van der Waals surface area contributed by atoms with E-state index in [9.17, 15) is 18.0 Å². The molecule has 34 heavy (non-hydrogen) atoms. The van der Waals surface area contributed by atoms with Crippen molar-refractivity contribution in [1.82, 2.24) is 9.80 Å². The number of thiophene rings is 1. The zero-order chi connectivity index (χ0) is 23.9. The van der Waals surface area contributed by atoms with Crippen molar-refractivity contribution in [3.8, 4) is 11.5 Å². The van der Waals surface area contributed by atoms with Crippen molar-refractivity contribution in [2.24, 2.45) is 4.99 Å². The second kappa shape index (κ2) is 8.79. The summed E-state index contributed by atoms with van der Waals surface area (Å²) in [7, 11) is 0. The van der Waals surface area contributed by atoms with E-state index in [1.807, 2.05) is 52.4 Å². The van der Waals surface area contributed by atoms with Crippen LogP contribution >= 0.6 is 11.3 Å². The van der Waals surface area contributed by atoms with Gasteiger partial charge in [-0.1, -0.05) is 17.7 Å². The minimum Gasteiger partial charge on any atom is -0.454 e. The summed E-state index contributed by atoms with van der Waals surface area (Å²) in [5.74, 6) is 1.45. The fourth-order valence-electron chi connectivity index (χ4n) is 4.15. The predicted molar refractivity (Wildman–Crippen MR) is 125 cm³/mol. The first-order valence-corrected chi connectivity index (χ1v) is 11.8. The van der Waals surface area contributed by atoms with Gasteiger partial charge in [-0.05, 0) is 48.7 Å². The van der Waals surface area contributed by atoms with Gasteiger partial charge in [-0.3, -0.25) is 4.79 Å². The maximum Gasteiger partial charge on any atom is 0.416 e. The highest BCUT2D eigenvalue weighted by atomic mass is 32.1. The van der Waals surface area contributed by atoms with Crippen molar-refractivity contribution >= 4 is 28.8 Å². The molecular weight excluding hydrogens is 463 g/mol. The number of nitrogens with zero attached hydrogens (tertiary/aromatic N) is 3. The Bertz CT molecular complexity index is 1250. The van der Waals surface area contributed by atoms with Gasteiger partial charge in [0.25, 0.3) is 0 Å². The molecule has 0 radical (unpaired) electrons. The number of carbonyl (C=O) groups excluding carboxylic acids is 1. The molecule has 0 saturated carbocycles. The average Bonchev–Trinajstić information content (AvgIpc) is 3.26. The van der Waals surface area contributed by atoms with Crippen LogP contribution in [-0.4, -0.2) is 47.7 Å². The minimum atomic E-state index is -4.48. The van der Waals surface area contributed by atoms with Crippen LogP contribution in [0.25, 0.3) is 0 Å². The summed E-state index contributed by atoms with van der Waals surface area (Å²) in [5, 5.41) is 1.95. The van der Waals surface area contributed by atoms with E-state index in [1.165, 1.54) is 6.07 Å². The van der Waals surface area contributed by atoms with Crippen molar-refractivity contribution in [3.05, 3.63) is 75.5 Å². The molecule has 0 unspecified atom stereocenters. The summed E-state index contributed by atoms with van der Waals surface area (Å²) in [5.41, 5.74) is 1.07. The lowest BCUT2D eigenvalue weighted by Crippen LogP contribution is -2.51. The number of hydrogen-bond donors (Lipinski definition) is 0. The van der Waals surface area contributed by atoms with Crippen LogP contribution in [0.15, 0.2) is 58.9 Å². The molecule has 176 valence electrons. The Morgan fingerprint density at radius 1 is 1.06 bits per heavy atom. The summed E-state index contributed by atoms with van der Waals surface area (Å²) < 4.78 is 46.0. The summed E-state index contributed by atoms with van der Waals surface area (Å²) in [6, 6.07) is 12.9. The van der Waals surface area contributed by atoms with Gasteiger partial charge in [0.05, 0.1) is 17.5 Å². The number of alkyl halides is 3. The number of rotatable bonds is 2. The third-order valence-corrected chi connectivity index (χ3v) is 6.82. The third kappa shape index (κ3) is 4.52. The Balaban J connectivity index is 1.44. The van der Waals surface area contributed by atoms with Gasteiger partial charge in [-0.25, -0.2) is 4.99 Å². The van der Waals surface area contributed by atoms with Crippen LogP contribution in [0, 0.1) is 6.92 Å². The summed E-state index contributed by atoms with van der Waals surface area (Å²) >= 11 is 1.56. The summed E-state index contributed by atoms with van der Waals surface area (Å²) in [6.45, 7) is 4.02. The molecule has 2 aromatic carbocycles. The highest BCUT2D eigenvalue weighted by Gasteiger charge is 2.33. The van der Waals surface area contributed by atoms with Crippen molar-refractivity contribution in [2.45, 2.75) is 19.5 Å². The minimum absolute atomic E-state index is 0.0737. The number of piperazine rings is 1. The van der Waals surface area contributed by atoms with E-state index in [2.05, 4.69) is 4.99 Å². The SMILES string of the molecule is Cc1ccc2c(c1)C(N1CCN(C(=O)Cc3cccs3)CC1)=Nc1cc(C(F)(F)F)ccc1O2. The Morgan fingerprint density at radius 3 is 2.53 bits per heavy atom. The Hall–Kier alpha value is -3.33. The first-order chi connectivity index (χ1) is 16.3. The lowest BCUT2D eigenvalue weighted by molar-refractivity contribution is -0.137. The molecule has 0 N–H and O–H groups in total. The normalized spacial score (nSPS) is 15.7. The second-order valence-corrected chi connectivity index (χ2v) is 9.37. The van der Waals surface area contributed by atoms with Gasteiger partial charge < -0.3 is 14.5 Å².